The fourth-order valence-corrected chi connectivity index (χ4v) is 2.83. The van der Waals surface area contributed by atoms with E-state index in [2.05, 4.69) is 11.6 Å². The molecule has 4 heteroatoms. The molecule has 0 aromatic heterocycles. The predicted molar refractivity (Wildman–Crippen MR) is 68.6 cm³/mol. The van der Waals surface area contributed by atoms with E-state index >= 15 is 0 Å². The first-order valence-electron chi connectivity index (χ1n) is 6.12. The third-order valence-corrected chi connectivity index (χ3v) is 4.30. The van der Waals surface area contributed by atoms with E-state index in [1.807, 2.05) is 11.8 Å². The Balaban J connectivity index is 2.15. The van der Waals surface area contributed by atoms with E-state index in [4.69, 9.17) is 5.11 Å². The smallest absolute Gasteiger partial charge is 0.220 e. The Kier molecular flexibility index (Phi) is 6.21. The standard InChI is InChI=1S/C12H23NO2S/c1-9(14)3-8-12(15)13-10-4-6-11(16-2)7-5-10/h9-11,14H,3-8H2,1-2H3,(H,13,15). The molecule has 16 heavy (non-hydrogen) atoms. The van der Waals surface area contributed by atoms with Gasteiger partial charge in [0, 0.05) is 17.7 Å². The summed E-state index contributed by atoms with van der Waals surface area (Å²) < 4.78 is 0. The summed E-state index contributed by atoms with van der Waals surface area (Å²) in [5.41, 5.74) is 0. The van der Waals surface area contributed by atoms with Crippen LogP contribution in [0.25, 0.3) is 0 Å². The zero-order valence-electron chi connectivity index (χ0n) is 10.2. The van der Waals surface area contributed by atoms with Gasteiger partial charge in [0.05, 0.1) is 6.10 Å². The van der Waals surface area contributed by atoms with Gasteiger partial charge in [-0.1, -0.05) is 0 Å². The quantitative estimate of drug-likeness (QED) is 0.778. The number of carbonyl (C=O) groups excluding carboxylic acids is 1. The second-order valence-corrected chi connectivity index (χ2v) is 5.80. The number of nitrogens with one attached hydrogen (secondary N) is 1. The molecule has 0 heterocycles. The maximum atomic E-state index is 11.5. The Morgan fingerprint density at radius 3 is 2.56 bits per heavy atom. The minimum Gasteiger partial charge on any atom is -0.393 e. The molecule has 1 unspecified atom stereocenters. The molecule has 0 radical (unpaired) electrons. The van der Waals surface area contributed by atoms with Crippen LogP contribution in [0.15, 0.2) is 0 Å². The van der Waals surface area contributed by atoms with Crippen molar-refractivity contribution in [3.05, 3.63) is 0 Å². The molecule has 1 rings (SSSR count). The molecular formula is C12H23NO2S. The molecule has 1 aliphatic carbocycles. The lowest BCUT2D eigenvalue weighted by atomic mass is 9.95. The van der Waals surface area contributed by atoms with E-state index in [9.17, 15) is 4.79 Å². The van der Waals surface area contributed by atoms with Gasteiger partial charge in [-0.2, -0.15) is 11.8 Å². The first-order valence-corrected chi connectivity index (χ1v) is 7.40. The lowest BCUT2D eigenvalue weighted by Crippen LogP contribution is -2.38. The molecule has 0 spiro atoms. The van der Waals surface area contributed by atoms with E-state index in [1.54, 1.807) is 6.92 Å². The first kappa shape index (κ1) is 13.8. The van der Waals surface area contributed by atoms with Gasteiger partial charge in [-0.05, 0) is 45.3 Å². The van der Waals surface area contributed by atoms with Crippen molar-refractivity contribution in [1.29, 1.82) is 0 Å². The van der Waals surface area contributed by atoms with Crippen LogP contribution in [-0.4, -0.2) is 34.7 Å². The summed E-state index contributed by atoms with van der Waals surface area (Å²) >= 11 is 1.94. The topological polar surface area (TPSA) is 49.3 Å². The van der Waals surface area contributed by atoms with Crippen molar-refractivity contribution in [3.63, 3.8) is 0 Å². The molecule has 1 atom stereocenters. The van der Waals surface area contributed by atoms with E-state index < -0.39 is 0 Å². The first-order chi connectivity index (χ1) is 7.61. The number of thioether (sulfide) groups is 1. The monoisotopic (exact) mass is 245 g/mol. The average Bonchev–Trinajstić information content (AvgIpc) is 2.27. The SMILES string of the molecule is CSC1CCC(NC(=O)CCC(C)O)CC1. The van der Waals surface area contributed by atoms with Crippen molar-refractivity contribution in [2.45, 2.75) is 62.8 Å². The van der Waals surface area contributed by atoms with Crippen LogP contribution in [0.5, 0.6) is 0 Å². The van der Waals surface area contributed by atoms with E-state index in [0.29, 0.717) is 18.9 Å². The van der Waals surface area contributed by atoms with Crippen LogP contribution in [0.1, 0.15) is 45.4 Å². The number of aliphatic hydroxyl groups excluding tert-OH is 1. The number of hydrogen-bond donors (Lipinski definition) is 2. The van der Waals surface area contributed by atoms with Crippen LogP contribution < -0.4 is 5.32 Å². The van der Waals surface area contributed by atoms with Gasteiger partial charge in [-0.3, -0.25) is 4.79 Å². The zero-order chi connectivity index (χ0) is 12.0. The van der Waals surface area contributed by atoms with Gasteiger partial charge in [-0.15, -0.1) is 0 Å². The van der Waals surface area contributed by atoms with Crippen molar-refractivity contribution in [3.8, 4) is 0 Å². The number of carbonyl (C=O) groups is 1. The Morgan fingerprint density at radius 2 is 2.06 bits per heavy atom. The van der Waals surface area contributed by atoms with Gasteiger partial charge >= 0.3 is 0 Å². The molecule has 94 valence electrons. The fraction of sp³-hybridized carbons (Fsp3) is 0.917. The Hall–Kier alpha value is -0.220. The zero-order valence-corrected chi connectivity index (χ0v) is 11.1. The van der Waals surface area contributed by atoms with Crippen molar-refractivity contribution in [1.82, 2.24) is 5.32 Å². The molecular weight excluding hydrogens is 222 g/mol. The summed E-state index contributed by atoms with van der Waals surface area (Å²) in [6.45, 7) is 1.72. The summed E-state index contributed by atoms with van der Waals surface area (Å²) in [6, 6.07) is 0.366. The Labute approximate surface area is 102 Å². The molecule has 3 nitrogen and oxygen atoms in total. The second-order valence-electron chi connectivity index (χ2n) is 4.66. The number of rotatable bonds is 5. The van der Waals surface area contributed by atoms with Crippen LogP contribution in [0, 0.1) is 0 Å². The maximum Gasteiger partial charge on any atom is 0.220 e. The highest BCUT2D eigenvalue weighted by Gasteiger charge is 2.21. The lowest BCUT2D eigenvalue weighted by Gasteiger charge is -2.28. The van der Waals surface area contributed by atoms with E-state index in [0.717, 1.165) is 18.1 Å². The minimum atomic E-state index is -0.377. The van der Waals surface area contributed by atoms with Gasteiger partial charge in [-0.25, -0.2) is 0 Å². The molecule has 1 aliphatic rings. The van der Waals surface area contributed by atoms with E-state index in [1.165, 1.54) is 12.8 Å². The summed E-state index contributed by atoms with van der Waals surface area (Å²) in [4.78, 5) is 11.5. The third kappa shape index (κ3) is 5.21. The van der Waals surface area contributed by atoms with Crippen molar-refractivity contribution in [2.24, 2.45) is 0 Å². The highest BCUT2D eigenvalue weighted by Crippen LogP contribution is 2.26. The predicted octanol–water partition coefficient (Wildman–Crippen LogP) is 1.94. The van der Waals surface area contributed by atoms with Gasteiger partial charge in [0.1, 0.15) is 0 Å². The molecule has 1 saturated carbocycles. The number of amides is 1. The van der Waals surface area contributed by atoms with Crippen molar-refractivity contribution in [2.75, 3.05) is 6.26 Å². The van der Waals surface area contributed by atoms with Crippen molar-refractivity contribution < 1.29 is 9.90 Å². The number of hydrogen-bond acceptors (Lipinski definition) is 3. The van der Waals surface area contributed by atoms with Crippen LogP contribution in [0.3, 0.4) is 0 Å². The highest BCUT2D eigenvalue weighted by molar-refractivity contribution is 7.99. The molecule has 0 aliphatic heterocycles. The molecule has 1 fully saturated rings. The van der Waals surface area contributed by atoms with Gasteiger partial charge < -0.3 is 10.4 Å². The Morgan fingerprint density at radius 1 is 1.44 bits per heavy atom. The molecule has 0 aromatic carbocycles. The Bertz CT molecular complexity index is 213. The summed E-state index contributed by atoms with van der Waals surface area (Å²) in [5, 5.41) is 12.9. The molecule has 1 amide bonds. The average molecular weight is 245 g/mol. The second kappa shape index (κ2) is 7.17. The van der Waals surface area contributed by atoms with Crippen LogP contribution in [0.2, 0.25) is 0 Å². The van der Waals surface area contributed by atoms with Gasteiger partial charge in [0.2, 0.25) is 5.91 Å². The minimum absolute atomic E-state index is 0.0912. The summed E-state index contributed by atoms with van der Waals surface area (Å²) in [6.07, 6.45) is 7.42. The van der Waals surface area contributed by atoms with Crippen LogP contribution in [-0.2, 0) is 4.79 Å². The van der Waals surface area contributed by atoms with Gasteiger partial charge in [0.15, 0.2) is 0 Å². The number of aliphatic hydroxyl groups is 1. The molecule has 2 N–H and O–H groups in total. The normalized spacial score (nSPS) is 27.4. The van der Waals surface area contributed by atoms with Gasteiger partial charge in [0.25, 0.3) is 0 Å². The molecule has 0 aromatic rings. The maximum absolute atomic E-state index is 11.5. The third-order valence-electron chi connectivity index (χ3n) is 3.16. The molecule has 0 bridgehead atoms. The summed E-state index contributed by atoms with van der Waals surface area (Å²) in [7, 11) is 0. The highest BCUT2D eigenvalue weighted by atomic mass is 32.2. The lowest BCUT2D eigenvalue weighted by molar-refractivity contribution is -0.122. The van der Waals surface area contributed by atoms with Crippen LogP contribution >= 0.6 is 11.8 Å². The van der Waals surface area contributed by atoms with Crippen LogP contribution in [0.4, 0.5) is 0 Å². The van der Waals surface area contributed by atoms with E-state index in [-0.39, 0.29) is 12.0 Å². The largest absolute Gasteiger partial charge is 0.393 e. The van der Waals surface area contributed by atoms with Crippen molar-refractivity contribution >= 4 is 17.7 Å². The molecule has 0 saturated heterocycles. The fourth-order valence-electron chi connectivity index (χ4n) is 2.08. The summed E-state index contributed by atoms with van der Waals surface area (Å²) in [5.74, 6) is 0.0912.